The van der Waals surface area contributed by atoms with Crippen molar-refractivity contribution in [1.29, 1.82) is 0 Å². The Morgan fingerprint density at radius 3 is 3.07 bits per heavy atom. The molecule has 15 heavy (non-hydrogen) atoms. The lowest BCUT2D eigenvalue weighted by Crippen LogP contribution is -2.25. The third-order valence-corrected chi connectivity index (χ3v) is 3.58. The minimum atomic E-state index is -3.39. The summed E-state index contributed by atoms with van der Waals surface area (Å²) in [6.45, 7) is 0.551. The second-order valence-electron chi connectivity index (χ2n) is 2.94. The number of phosphoric ester groups is 1. The number of alkyl halides is 1. The van der Waals surface area contributed by atoms with Gasteiger partial charge in [0.2, 0.25) is 0 Å². The van der Waals surface area contributed by atoms with Gasteiger partial charge in [0.1, 0.15) is 13.2 Å². The highest BCUT2D eigenvalue weighted by molar-refractivity contribution is 9.09. The van der Waals surface area contributed by atoms with Gasteiger partial charge in [-0.3, -0.25) is 4.52 Å². The van der Waals surface area contributed by atoms with Gasteiger partial charge in [-0.05, 0) is 6.07 Å². The van der Waals surface area contributed by atoms with E-state index in [1.165, 1.54) is 0 Å². The Bertz CT molecular complexity index is 349. The summed E-state index contributed by atoms with van der Waals surface area (Å²) in [6, 6.07) is 7.31. The normalized spacial score (nSPS) is 24.4. The quantitative estimate of drug-likeness (QED) is 0.632. The molecular weight excluding hydrogens is 283 g/mol. The molecule has 6 heteroatoms. The van der Waals surface area contributed by atoms with Crippen LogP contribution >= 0.6 is 24.1 Å². The van der Waals surface area contributed by atoms with E-state index >= 15 is 0 Å². The zero-order valence-electron chi connectivity index (χ0n) is 7.89. The smallest absolute Gasteiger partial charge is 0.429 e. The summed E-state index contributed by atoms with van der Waals surface area (Å²) < 4.78 is 15.3. The zero-order chi connectivity index (χ0) is 10.7. The van der Waals surface area contributed by atoms with E-state index < -0.39 is 8.17 Å². The van der Waals surface area contributed by atoms with Gasteiger partial charge in [0.15, 0.2) is 5.75 Å². The second-order valence-corrected chi connectivity index (χ2v) is 5.33. The molecule has 1 unspecified atom stereocenters. The maximum atomic E-state index is 11.9. The van der Waals surface area contributed by atoms with Crippen molar-refractivity contribution in [3.63, 3.8) is 0 Å². The van der Waals surface area contributed by atoms with Crippen LogP contribution in [0.4, 0.5) is 0 Å². The highest BCUT2D eigenvalue weighted by Gasteiger charge is 2.39. The summed E-state index contributed by atoms with van der Waals surface area (Å²) in [5.74, 6) is 0.571. The molecule has 1 aliphatic heterocycles. The molecule has 1 atom stereocenters. The molecule has 1 heterocycles. The van der Waals surface area contributed by atoms with Gasteiger partial charge in [-0.1, -0.05) is 34.1 Å². The fourth-order valence-corrected chi connectivity index (χ4v) is 2.84. The van der Waals surface area contributed by atoms with Crippen LogP contribution < -0.4 is 9.42 Å². The van der Waals surface area contributed by atoms with E-state index in [0.29, 0.717) is 17.7 Å². The first kappa shape index (κ1) is 11.3. The van der Waals surface area contributed by atoms with Gasteiger partial charge < -0.3 is 4.89 Å². The first-order valence-corrected chi connectivity index (χ1v) is 7.04. The summed E-state index contributed by atoms with van der Waals surface area (Å²) in [5, 5.41) is 0.589. The van der Waals surface area contributed by atoms with Gasteiger partial charge >= 0.3 is 8.17 Å². The van der Waals surface area contributed by atoms with Gasteiger partial charge in [0.25, 0.3) is 0 Å². The number of rotatable bonds is 3. The lowest BCUT2D eigenvalue weighted by Gasteiger charge is -2.29. The Labute approximate surface area is 97.0 Å². The lowest BCUT2D eigenvalue weighted by molar-refractivity contribution is -0.242. The number of hydrogen-bond acceptors (Lipinski definition) is 4. The maximum absolute atomic E-state index is 11.9. The molecule has 1 aromatic rings. The zero-order valence-corrected chi connectivity index (χ0v) is 10.4. The van der Waals surface area contributed by atoms with Crippen molar-refractivity contribution in [2.45, 2.75) is 6.61 Å². The molecule has 0 saturated heterocycles. The maximum Gasteiger partial charge on any atom is 0.429 e. The number of phosphoric acid groups is 1. The number of halogens is 1. The van der Waals surface area contributed by atoms with Crippen molar-refractivity contribution >= 4 is 24.1 Å². The molecule has 0 radical (unpaired) electrons. The minimum Gasteiger partial charge on any atom is -0.598 e. The van der Waals surface area contributed by atoms with Gasteiger partial charge in [-0.2, -0.15) is 9.05 Å². The van der Waals surface area contributed by atoms with Crippen molar-refractivity contribution < 1.29 is 18.5 Å². The second kappa shape index (κ2) is 4.76. The molecule has 1 aromatic carbocycles. The molecule has 0 aliphatic carbocycles. The molecule has 1 aliphatic rings. The third kappa shape index (κ3) is 2.68. The van der Waals surface area contributed by atoms with Crippen LogP contribution in [0.25, 0.3) is 0 Å². The molecule has 82 valence electrons. The monoisotopic (exact) mass is 292 g/mol. The van der Waals surface area contributed by atoms with Crippen LogP contribution in [0.1, 0.15) is 5.56 Å². The van der Waals surface area contributed by atoms with Gasteiger partial charge in [-0.25, -0.2) is 0 Å². The molecule has 0 spiro atoms. The van der Waals surface area contributed by atoms with E-state index in [9.17, 15) is 4.89 Å². The largest absolute Gasteiger partial charge is 0.598 e. The topological polar surface area (TPSA) is 50.8 Å². The summed E-state index contributed by atoms with van der Waals surface area (Å²) in [7, 11) is -3.39. The van der Waals surface area contributed by atoms with Crippen molar-refractivity contribution in [2.75, 3.05) is 11.9 Å². The van der Waals surface area contributed by atoms with Crippen LogP contribution in [-0.2, 0) is 15.7 Å². The predicted octanol–water partition coefficient (Wildman–Crippen LogP) is 2.04. The average molecular weight is 293 g/mol. The van der Waals surface area contributed by atoms with Gasteiger partial charge in [0.05, 0.1) is 0 Å². The Balaban J connectivity index is 2.10. The van der Waals surface area contributed by atoms with Gasteiger partial charge in [0, 0.05) is 10.9 Å². The average Bonchev–Trinajstić information content (AvgIpc) is 2.26. The van der Waals surface area contributed by atoms with Crippen molar-refractivity contribution in [1.82, 2.24) is 0 Å². The highest BCUT2D eigenvalue weighted by Crippen LogP contribution is 2.57. The summed E-state index contributed by atoms with van der Waals surface area (Å²) in [6.07, 6.45) is 0. The highest BCUT2D eigenvalue weighted by atomic mass is 79.9. The fraction of sp³-hybridized carbons (Fsp3) is 0.333. The molecule has 4 nitrogen and oxygen atoms in total. The first-order valence-electron chi connectivity index (χ1n) is 4.46. The number of hydrogen-bond donors (Lipinski definition) is 0. The van der Waals surface area contributed by atoms with E-state index in [4.69, 9.17) is 13.6 Å². The molecule has 2 rings (SSSR count). The number of benzene rings is 1. The molecule has 0 amide bonds. The van der Waals surface area contributed by atoms with E-state index in [-0.39, 0.29) is 6.61 Å². The van der Waals surface area contributed by atoms with Crippen LogP contribution in [0.2, 0.25) is 0 Å². The number of para-hydroxylation sites is 1. The Kier molecular flexibility index (Phi) is 3.59. The Hall–Kier alpha value is -0.190. The van der Waals surface area contributed by atoms with Crippen LogP contribution in [0.15, 0.2) is 24.3 Å². The fourth-order valence-electron chi connectivity index (χ4n) is 1.22. The standard InChI is InChI=1S/C9H10BrO4P/c10-5-6-12-15(11)13-7-8-3-1-2-4-9(8)14-15/h1-4H,5-7H2. The lowest BCUT2D eigenvalue weighted by atomic mass is 10.2. The molecule has 0 aromatic heterocycles. The van der Waals surface area contributed by atoms with E-state index in [0.717, 1.165) is 5.56 Å². The molecule has 0 N–H and O–H groups in total. The van der Waals surface area contributed by atoms with Gasteiger partial charge in [-0.15, -0.1) is 0 Å². The van der Waals surface area contributed by atoms with Crippen LogP contribution in [-0.4, -0.2) is 11.9 Å². The minimum absolute atomic E-state index is 0.260. The summed E-state index contributed by atoms with van der Waals surface area (Å²) >= 11 is 3.17. The van der Waals surface area contributed by atoms with Crippen LogP contribution in [0, 0.1) is 0 Å². The Morgan fingerprint density at radius 1 is 1.47 bits per heavy atom. The predicted molar refractivity (Wildman–Crippen MR) is 58.5 cm³/mol. The van der Waals surface area contributed by atoms with Crippen LogP contribution in [0.5, 0.6) is 5.75 Å². The van der Waals surface area contributed by atoms with Crippen molar-refractivity contribution in [3.05, 3.63) is 29.8 Å². The van der Waals surface area contributed by atoms with Crippen molar-refractivity contribution in [3.8, 4) is 5.75 Å². The molecule has 0 fully saturated rings. The molecular formula is C9H10BrO4P. The van der Waals surface area contributed by atoms with E-state index in [2.05, 4.69) is 15.9 Å². The third-order valence-electron chi connectivity index (χ3n) is 1.89. The molecule has 0 saturated carbocycles. The van der Waals surface area contributed by atoms with Crippen LogP contribution in [0.3, 0.4) is 0 Å². The van der Waals surface area contributed by atoms with E-state index in [1.54, 1.807) is 6.07 Å². The number of fused-ring (bicyclic) bond motifs is 1. The van der Waals surface area contributed by atoms with Crippen molar-refractivity contribution in [2.24, 2.45) is 0 Å². The SMILES string of the molecule is [O-][P+]1(OCCBr)OCc2ccccc2O1. The first-order chi connectivity index (χ1) is 7.23. The van der Waals surface area contributed by atoms with E-state index in [1.807, 2.05) is 18.2 Å². The summed E-state index contributed by atoms with van der Waals surface area (Å²) in [4.78, 5) is 11.9. The Morgan fingerprint density at radius 2 is 2.27 bits per heavy atom. The molecule has 0 bridgehead atoms. The summed E-state index contributed by atoms with van der Waals surface area (Å²) in [5.41, 5.74) is 0.881.